The van der Waals surface area contributed by atoms with E-state index in [0.29, 0.717) is 29.9 Å². The van der Waals surface area contributed by atoms with Crippen LogP contribution < -0.4 is 10.1 Å². The van der Waals surface area contributed by atoms with Crippen molar-refractivity contribution in [3.05, 3.63) is 29.0 Å². The smallest absolute Gasteiger partial charge is 0.128 e. The van der Waals surface area contributed by atoms with Crippen molar-refractivity contribution in [2.24, 2.45) is 5.92 Å². The van der Waals surface area contributed by atoms with Crippen LogP contribution in [0.1, 0.15) is 13.3 Å². The molecule has 0 unspecified atom stereocenters. The van der Waals surface area contributed by atoms with Crippen LogP contribution in [0.15, 0.2) is 18.2 Å². The highest BCUT2D eigenvalue weighted by molar-refractivity contribution is 6.30. The number of hydrogen-bond acceptors (Lipinski definition) is 3. The minimum absolute atomic E-state index is 0.0761. The zero-order valence-electron chi connectivity index (χ0n) is 11.0. The second-order valence-corrected chi connectivity index (χ2v) is 5.11. The summed E-state index contributed by atoms with van der Waals surface area (Å²) in [6.45, 7) is 4.99. The molecule has 0 aliphatic carbocycles. The van der Waals surface area contributed by atoms with Gasteiger partial charge in [0.1, 0.15) is 17.7 Å². The fraction of sp³-hybridized carbons (Fsp3) is 0.571. The van der Waals surface area contributed by atoms with Crippen LogP contribution >= 0.6 is 11.6 Å². The third-order valence-electron chi connectivity index (χ3n) is 3.23. The lowest BCUT2D eigenvalue weighted by atomic mass is 10.0. The van der Waals surface area contributed by atoms with E-state index in [4.69, 9.17) is 21.1 Å². The first-order valence-electron chi connectivity index (χ1n) is 6.60. The van der Waals surface area contributed by atoms with Crippen molar-refractivity contribution in [1.29, 1.82) is 0 Å². The van der Waals surface area contributed by atoms with Gasteiger partial charge in [-0.25, -0.2) is 4.39 Å². The van der Waals surface area contributed by atoms with Crippen LogP contribution in [0.4, 0.5) is 4.39 Å². The van der Waals surface area contributed by atoms with Gasteiger partial charge in [0.25, 0.3) is 0 Å². The Kier molecular flexibility index (Phi) is 5.43. The summed E-state index contributed by atoms with van der Waals surface area (Å²) >= 11 is 5.83. The topological polar surface area (TPSA) is 30.5 Å². The molecule has 1 saturated heterocycles. The summed E-state index contributed by atoms with van der Waals surface area (Å²) in [6, 6.07) is 4.25. The Hall–Kier alpha value is -0.840. The Morgan fingerprint density at radius 2 is 2.32 bits per heavy atom. The van der Waals surface area contributed by atoms with E-state index in [-0.39, 0.29) is 11.9 Å². The summed E-state index contributed by atoms with van der Waals surface area (Å²) in [5.74, 6) is 0.456. The molecule has 1 aromatic carbocycles. The summed E-state index contributed by atoms with van der Waals surface area (Å²) in [5, 5.41) is 3.64. The van der Waals surface area contributed by atoms with E-state index in [0.717, 1.165) is 19.5 Å². The normalized spacial score (nSPS) is 20.5. The Labute approximate surface area is 118 Å². The molecule has 1 aromatic rings. The van der Waals surface area contributed by atoms with Crippen LogP contribution in [0.3, 0.4) is 0 Å². The molecule has 0 aromatic heterocycles. The van der Waals surface area contributed by atoms with E-state index in [1.807, 2.05) is 6.92 Å². The number of benzene rings is 1. The van der Waals surface area contributed by atoms with Crippen molar-refractivity contribution in [3.8, 4) is 5.75 Å². The summed E-state index contributed by atoms with van der Waals surface area (Å²) in [7, 11) is 0. The number of ether oxygens (including phenoxy) is 2. The van der Waals surface area contributed by atoms with Crippen LogP contribution in [0, 0.1) is 11.7 Å². The van der Waals surface area contributed by atoms with Gasteiger partial charge in [-0.15, -0.1) is 0 Å². The van der Waals surface area contributed by atoms with Gasteiger partial charge < -0.3 is 14.8 Å². The SMILES string of the molecule is CCOC[C@H](Oc1cc(F)cc(Cl)c1)[C@H]1CCNC1. The van der Waals surface area contributed by atoms with Crippen molar-refractivity contribution in [1.82, 2.24) is 5.32 Å². The molecule has 0 saturated carbocycles. The highest BCUT2D eigenvalue weighted by Crippen LogP contribution is 2.24. The zero-order chi connectivity index (χ0) is 13.7. The molecule has 0 radical (unpaired) electrons. The lowest BCUT2D eigenvalue weighted by Crippen LogP contribution is -2.33. The molecule has 1 N–H and O–H groups in total. The van der Waals surface area contributed by atoms with Gasteiger partial charge in [-0.1, -0.05) is 11.6 Å². The molecule has 5 heteroatoms. The fourth-order valence-corrected chi connectivity index (χ4v) is 2.48. The van der Waals surface area contributed by atoms with Crippen molar-refractivity contribution >= 4 is 11.6 Å². The third-order valence-corrected chi connectivity index (χ3v) is 3.45. The number of nitrogens with one attached hydrogen (secondary N) is 1. The first-order valence-corrected chi connectivity index (χ1v) is 6.98. The summed E-state index contributed by atoms with van der Waals surface area (Å²) in [6.07, 6.45) is 0.966. The number of hydrogen-bond donors (Lipinski definition) is 1. The molecule has 2 atom stereocenters. The minimum atomic E-state index is -0.387. The third kappa shape index (κ3) is 4.34. The molecule has 1 aliphatic heterocycles. The average molecular weight is 288 g/mol. The van der Waals surface area contributed by atoms with Gasteiger partial charge in [0.2, 0.25) is 0 Å². The predicted octanol–water partition coefficient (Wildman–Crippen LogP) is 2.87. The van der Waals surface area contributed by atoms with Crippen LogP contribution in [-0.2, 0) is 4.74 Å². The Morgan fingerprint density at radius 1 is 1.47 bits per heavy atom. The molecule has 19 heavy (non-hydrogen) atoms. The van der Waals surface area contributed by atoms with Crippen molar-refractivity contribution in [2.45, 2.75) is 19.4 Å². The van der Waals surface area contributed by atoms with Gasteiger partial charge in [0.05, 0.1) is 6.61 Å². The molecule has 3 nitrogen and oxygen atoms in total. The monoisotopic (exact) mass is 287 g/mol. The second-order valence-electron chi connectivity index (χ2n) is 4.67. The van der Waals surface area contributed by atoms with E-state index in [9.17, 15) is 4.39 Å². The molecule has 0 spiro atoms. The van der Waals surface area contributed by atoms with Gasteiger partial charge in [-0.05, 0) is 32.0 Å². The lowest BCUT2D eigenvalue weighted by Gasteiger charge is -2.24. The standard InChI is InChI=1S/C14H19ClFNO2/c1-2-18-9-14(10-3-4-17-8-10)19-13-6-11(15)5-12(16)7-13/h5-7,10,14,17H,2-4,8-9H2,1H3/t10-,14-/m0/s1. The second kappa shape index (κ2) is 7.08. The van der Waals surface area contributed by atoms with Crippen molar-refractivity contribution in [2.75, 3.05) is 26.3 Å². The molecule has 106 valence electrons. The molecular weight excluding hydrogens is 269 g/mol. The average Bonchev–Trinajstić information content (AvgIpc) is 2.87. The first-order chi connectivity index (χ1) is 9.19. The Bertz CT molecular complexity index is 390. The van der Waals surface area contributed by atoms with Gasteiger partial charge in [-0.2, -0.15) is 0 Å². The van der Waals surface area contributed by atoms with Crippen molar-refractivity contribution < 1.29 is 13.9 Å². The Morgan fingerprint density at radius 3 is 2.95 bits per heavy atom. The molecule has 0 amide bonds. The van der Waals surface area contributed by atoms with Crippen LogP contribution in [-0.4, -0.2) is 32.4 Å². The van der Waals surface area contributed by atoms with E-state index >= 15 is 0 Å². The van der Waals surface area contributed by atoms with Crippen molar-refractivity contribution in [3.63, 3.8) is 0 Å². The largest absolute Gasteiger partial charge is 0.488 e. The van der Waals surface area contributed by atoms with Crippen LogP contribution in [0.5, 0.6) is 5.75 Å². The predicted molar refractivity (Wildman–Crippen MR) is 73.3 cm³/mol. The van der Waals surface area contributed by atoms with Crippen LogP contribution in [0.2, 0.25) is 5.02 Å². The minimum Gasteiger partial charge on any atom is -0.488 e. The van der Waals surface area contributed by atoms with Gasteiger partial charge in [0, 0.05) is 30.2 Å². The molecule has 1 heterocycles. The highest BCUT2D eigenvalue weighted by atomic mass is 35.5. The van der Waals surface area contributed by atoms with Gasteiger partial charge >= 0.3 is 0 Å². The van der Waals surface area contributed by atoms with E-state index in [1.165, 1.54) is 12.1 Å². The molecule has 2 rings (SSSR count). The summed E-state index contributed by atoms with van der Waals surface area (Å²) in [4.78, 5) is 0. The summed E-state index contributed by atoms with van der Waals surface area (Å²) < 4.78 is 24.6. The lowest BCUT2D eigenvalue weighted by molar-refractivity contribution is 0.0290. The highest BCUT2D eigenvalue weighted by Gasteiger charge is 2.26. The molecular formula is C14H19ClFNO2. The van der Waals surface area contributed by atoms with Gasteiger partial charge in [-0.3, -0.25) is 0 Å². The fourth-order valence-electron chi connectivity index (χ4n) is 2.27. The first kappa shape index (κ1) is 14.6. The molecule has 1 fully saturated rings. The summed E-state index contributed by atoms with van der Waals surface area (Å²) in [5.41, 5.74) is 0. The quantitative estimate of drug-likeness (QED) is 0.873. The van der Waals surface area contributed by atoms with E-state index in [2.05, 4.69) is 5.32 Å². The zero-order valence-corrected chi connectivity index (χ0v) is 11.8. The Balaban J connectivity index is 2.05. The molecule has 0 bridgehead atoms. The maximum Gasteiger partial charge on any atom is 0.128 e. The van der Waals surface area contributed by atoms with Gasteiger partial charge in [0.15, 0.2) is 0 Å². The van der Waals surface area contributed by atoms with E-state index in [1.54, 1.807) is 6.07 Å². The number of rotatable bonds is 6. The van der Waals surface area contributed by atoms with Crippen LogP contribution in [0.25, 0.3) is 0 Å². The van der Waals surface area contributed by atoms with E-state index < -0.39 is 0 Å². The maximum atomic E-state index is 13.3. The number of halogens is 2. The maximum absolute atomic E-state index is 13.3. The molecule has 1 aliphatic rings.